The van der Waals surface area contributed by atoms with Gasteiger partial charge in [0.15, 0.2) is 5.82 Å². The van der Waals surface area contributed by atoms with Crippen molar-refractivity contribution in [3.8, 4) is 5.75 Å². The minimum absolute atomic E-state index is 0.0844. The average Bonchev–Trinajstić information content (AvgIpc) is 3.33. The highest BCUT2D eigenvalue weighted by Gasteiger charge is 2.27. The number of pyridine rings is 1. The molecule has 1 unspecified atom stereocenters. The molecular formula is C27H32N6O4. The summed E-state index contributed by atoms with van der Waals surface area (Å²) < 4.78 is 11.9. The first-order chi connectivity index (χ1) is 17.9. The SMILES string of the molecule is CCOC(=O)Cn1nnnc1C(CC)N(Cc1ccc(OC)cc1)Cc1cc2cc(C)ccc2[nH]c1=O. The third kappa shape index (κ3) is 6.21. The molecule has 0 amide bonds. The fraction of sp³-hybridized carbons (Fsp3) is 0.370. The van der Waals surface area contributed by atoms with Gasteiger partial charge >= 0.3 is 5.97 Å². The number of nitrogens with one attached hydrogen (secondary N) is 1. The van der Waals surface area contributed by atoms with Crippen LogP contribution in [0, 0.1) is 6.92 Å². The number of aromatic nitrogens is 5. The van der Waals surface area contributed by atoms with Crippen molar-refractivity contribution in [1.82, 2.24) is 30.1 Å². The molecule has 0 saturated carbocycles. The van der Waals surface area contributed by atoms with Gasteiger partial charge in [0.1, 0.15) is 12.3 Å². The lowest BCUT2D eigenvalue weighted by atomic mass is 10.1. The highest BCUT2D eigenvalue weighted by molar-refractivity contribution is 5.79. The number of rotatable bonds is 11. The average molecular weight is 505 g/mol. The molecule has 2 aromatic heterocycles. The molecule has 10 heteroatoms. The highest BCUT2D eigenvalue weighted by Crippen LogP contribution is 2.27. The van der Waals surface area contributed by atoms with Crippen LogP contribution in [0.1, 0.15) is 48.8 Å². The molecule has 0 bridgehead atoms. The van der Waals surface area contributed by atoms with Crippen LogP contribution in [-0.4, -0.2) is 49.8 Å². The zero-order valence-corrected chi connectivity index (χ0v) is 21.6. The molecule has 37 heavy (non-hydrogen) atoms. The Hall–Kier alpha value is -4.05. The lowest BCUT2D eigenvalue weighted by Gasteiger charge is -2.30. The molecule has 0 aliphatic rings. The van der Waals surface area contributed by atoms with Gasteiger partial charge in [-0.15, -0.1) is 5.10 Å². The molecule has 0 fully saturated rings. The van der Waals surface area contributed by atoms with Crippen molar-refractivity contribution >= 4 is 16.9 Å². The van der Waals surface area contributed by atoms with Gasteiger partial charge in [-0.05, 0) is 72.0 Å². The number of tetrazole rings is 1. The van der Waals surface area contributed by atoms with Crippen molar-refractivity contribution in [2.24, 2.45) is 0 Å². The van der Waals surface area contributed by atoms with E-state index in [1.165, 1.54) is 4.68 Å². The molecule has 10 nitrogen and oxygen atoms in total. The normalized spacial score (nSPS) is 12.1. The summed E-state index contributed by atoms with van der Waals surface area (Å²) in [5.74, 6) is 0.896. The van der Waals surface area contributed by atoms with Gasteiger partial charge in [0.2, 0.25) is 0 Å². The van der Waals surface area contributed by atoms with E-state index in [0.29, 0.717) is 30.9 Å². The van der Waals surface area contributed by atoms with Gasteiger partial charge < -0.3 is 14.5 Å². The number of carbonyl (C=O) groups excluding carboxylic acids is 1. The van der Waals surface area contributed by atoms with E-state index in [4.69, 9.17) is 9.47 Å². The largest absolute Gasteiger partial charge is 0.497 e. The second-order valence-corrected chi connectivity index (χ2v) is 8.89. The van der Waals surface area contributed by atoms with E-state index in [-0.39, 0.29) is 24.8 Å². The Labute approximate surface area is 215 Å². The van der Waals surface area contributed by atoms with Gasteiger partial charge in [-0.25, -0.2) is 4.68 Å². The Morgan fingerprint density at radius 2 is 1.89 bits per heavy atom. The van der Waals surface area contributed by atoms with E-state index in [9.17, 15) is 9.59 Å². The van der Waals surface area contributed by atoms with Crippen LogP contribution < -0.4 is 10.3 Å². The quantitative estimate of drug-likeness (QED) is 0.308. The summed E-state index contributed by atoms with van der Waals surface area (Å²) in [5.41, 5.74) is 3.44. The van der Waals surface area contributed by atoms with Crippen LogP contribution in [0.15, 0.2) is 53.3 Å². The number of benzene rings is 2. The number of aromatic amines is 1. The second-order valence-electron chi connectivity index (χ2n) is 8.89. The number of esters is 1. The zero-order chi connectivity index (χ0) is 26.4. The first kappa shape index (κ1) is 26.0. The Bertz CT molecular complexity index is 1410. The van der Waals surface area contributed by atoms with Crippen molar-refractivity contribution in [2.45, 2.75) is 52.9 Å². The Kier molecular flexibility index (Phi) is 8.29. The van der Waals surface area contributed by atoms with Crippen molar-refractivity contribution in [3.63, 3.8) is 0 Å². The molecule has 2 aromatic carbocycles. The number of hydrogen-bond donors (Lipinski definition) is 1. The maximum Gasteiger partial charge on any atom is 0.327 e. The van der Waals surface area contributed by atoms with Crippen LogP contribution in [0.5, 0.6) is 5.75 Å². The fourth-order valence-electron chi connectivity index (χ4n) is 4.45. The van der Waals surface area contributed by atoms with E-state index < -0.39 is 5.97 Å². The van der Waals surface area contributed by atoms with E-state index in [0.717, 1.165) is 27.8 Å². The molecule has 2 heterocycles. The van der Waals surface area contributed by atoms with Crippen LogP contribution in [0.2, 0.25) is 0 Å². The molecular weight excluding hydrogens is 472 g/mol. The number of nitrogens with zero attached hydrogens (tertiary/aromatic N) is 5. The van der Waals surface area contributed by atoms with Crippen LogP contribution >= 0.6 is 0 Å². The maximum atomic E-state index is 13.1. The molecule has 1 atom stereocenters. The lowest BCUT2D eigenvalue weighted by molar-refractivity contribution is -0.144. The number of methoxy groups -OCH3 is 1. The molecule has 0 spiro atoms. The van der Waals surface area contributed by atoms with Crippen LogP contribution in [-0.2, 0) is 29.2 Å². The van der Waals surface area contributed by atoms with Crippen LogP contribution in [0.3, 0.4) is 0 Å². The summed E-state index contributed by atoms with van der Waals surface area (Å²) in [6.45, 7) is 6.89. The predicted octanol–water partition coefficient (Wildman–Crippen LogP) is 3.55. The van der Waals surface area contributed by atoms with E-state index in [1.54, 1.807) is 14.0 Å². The molecule has 0 radical (unpaired) electrons. The van der Waals surface area contributed by atoms with Gasteiger partial charge in [-0.1, -0.05) is 30.7 Å². The van der Waals surface area contributed by atoms with Crippen molar-refractivity contribution in [3.05, 3.63) is 81.4 Å². The Balaban J connectivity index is 1.72. The number of ether oxygens (including phenoxy) is 2. The lowest BCUT2D eigenvalue weighted by Crippen LogP contribution is -2.33. The van der Waals surface area contributed by atoms with Crippen molar-refractivity contribution in [2.75, 3.05) is 13.7 Å². The van der Waals surface area contributed by atoms with E-state index >= 15 is 0 Å². The molecule has 0 aliphatic carbocycles. The first-order valence-corrected chi connectivity index (χ1v) is 12.3. The molecule has 0 saturated heterocycles. The minimum Gasteiger partial charge on any atom is -0.497 e. The molecule has 4 aromatic rings. The number of carbonyl (C=O) groups is 1. The molecule has 194 valence electrons. The molecule has 4 rings (SSSR count). The van der Waals surface area contributed by atoms with Gasteiger partial charge in [0, 0.05) is 24.2 Å². The number of aryl methyl sites for hydroxylation is 1. The Morgan fingerprint density at radius 1 is 1.11 bits per heavy atom. The van der Waals surface area contributed by atoms with E-state index in [2.05, 4.69) is 31.5 Å². The van der Waals surface area contributed by atoms with Crippen LogP contribution in [0.4, 0.5) is 0 Å². The maximum absolute atomic E-state index is 13.1. The fourth-order valence-corrected chi connectivity index (χ4v) is 4.45. The number of H-pyrrole nitrogens is 1. The molecule has 1 N–H and O–H groups in total. The van der Waals surface area contributed by atoms with Crippen LogP contribution in [0.25, 0.3) is 10.9 Å². The van der Waals surface area contributed by atoms with Gasteiger partial charge in [-0.2, -0.15) is 0 Å². The highest BCUT2D eigenvalue weighted by atomic mass is 16.5. The summed E-state index contributed by atoms with van der Waals surface area (Å²) >= 11 is 0. The van der Waals surface area contributed by atoms with Gasteiger partial charge in [0.25, 0.3) is 5.56 Å². The third-order valence-corrected chi connectivity index (χ3v) is 6.26. The van der Waals surface area contributed by atoms with Gasteiger partial charge in [0.05, 0.1) is 19.8 Å². The standard InChI is InChI=1S/C27H32N6O4/c1-5-24(26-29-30-31-33(26)17-25(34)37-6-2)32(15-19-8-10-22(36-4)11-9-19)16-21-14-20-13-18(3)7-12-23(20)28-27(21)35/h7-14,24H,5-6,15-17H2,1-4H3,(H,28,35). The summed E-state index contributed by atoms with van der Waals surface area (Å²) in [6, 6.07) is 15.4. The zero-order valence-electron chi connectivity index (χ0n) is 21.6. The smallest absolute Gasteiger partial charge is 0.327 e. The van der Waals surface area contributed by atoms with Crippen molar-refractivity contribution < 1.29 is 14.3 Å². The summed E-state index contributed by atoms with van der Waals surface area (Å²) in [5, 5.41) is 13.1. The third-order valence-electron chi connectivity index (χ3n) is 6.26. The summed E-state index contributed by atoms with van der Waals surface area (Å²) in [7, 11) is 1.63. The summed E-state index contributed by atoms with van der Waals surface area (Å²) in [6.07, 6.45) is 0.657. The van der Waals surface area contributed by atoms with Crippen molar-refractivity contribution in [1.29, 1.82) is 0 Å². The monoisotopic (exact) mass is 504 g/mol. The minimum atomic E-state index is -0.408. The second kappa shape index (κ2) is 11.8. The van der Waals surface area contributed by atoms with E-state index in [1.807, 2.05) is 56.3 Å². The van der Waals surface area contributed by atoms with Gasteiger partial charge in [-0.3, -0.25) is 14.5 Å². The topological polar surface area (TPSA) is 115 Å². The number of hydrogen-bond acceptors (Lipinski definition) is 8. The number of fused-ring (bicyclic) bond motifs is 1. The molecule has 0 aliphatic heterocycles. The first-order valence-electron chi connectivity index (χ1n) is 12.3. The summed E-state index contributed by atoms with van der Waals surface area (Å²) in [4.78, 5) is 30.4. The predicted molar refractivity (Wildman–Crippen MR) is 139 cm³/mol. The Morgan fingerprint density at radius 3 is 2.59 bits per heavy atom.